The second kappa shape index (κ2) is 39.5. The topological polar surface area (TPSA) is 143 Å². The minimum Gasteiger partial charge on any atom is -0.0620 e. The maximum Gasteiger partial charge on any atom is 1.00 e. The maximum absolute atomic E-state index is 8.59. The van der Waals surface area contributed by atoms with Crippen LogP contribution in [-0.4, -0.2) is 24.3 Å². The second-order valence-electron chi connectivity index (χ2n) is 18.3. The van der Waals surface area contributed by atoms with Crippen LogP contribution in [0.25, 0.3) is 0 Å². The molecule has 13 heteroatoms. The number of hydrogen-bond donors (Lipinski definition) is 0. The normalized spacial score (nSPS) is 10.1. The average Bonchev–Trinajstić information content (AvgIpc) is 3.66. The predicted molar refractivity (Wildman–Crippen MR) is 361 cm³/mol. The van der Waals surface area contributed by atoms with Crippen LogP contribution in [0.2, 0.25) is 0 Å². The van der Waals surface area contributed by atoms with Gasteiger partial charge >= 0.3 is 74.2 Å². The van der Waals surface area contributed by atoms with Crippen molar-refractivity contribution in [2.45, 2.75) is 0 Å². The van der Waals surface area contributed by atoms with Crippen molar-refractivity contribution in [1.82, 2.24) is 0 Å². The van der Waals surface area contributed by atoms with Crippen LogP contribution in [0.1, 0.15) is 0 Å². The van der Waals surface area contributed by atoms with Crippen LogP contribution in [0.3, 0.4) is 0 Å². The van der Waals surface area contributed by atoms with Crippen molar-refractivity contribution in [2.24, 2.45) is 0 Å². The van der Waals surface area contributed by atoms with E-state index < -0.39 is 45.1 Å². The van der Waals surface area contributed by atoms with E-state index in [1.807, 2.05) is 0 Å². The number of rotatable bonds is 12. The second-order valence-corrected chi connectivity index (χ2v) is 29.9. The summed E-state index contributed by atoms with van der Waals surface area (Å²) in [6, 6.07) is 130. The zero-order valence-electron chi connectivity index (χ0n) is 46.3. The van der Waals surface area contributed by atoms with Crippen LogP contribution in [0.5, 0.6) is 0 Å². The van der Waals surface area contributed by atoms with Crippen LogP contribution >= 0.6 is 31.7 Å². The third-order valence-corrected chi connectivity index (χ3v) is 23.7. The molecule has 0 saturated heterocycles. The minimum atomic E-state index is -5.75. The van der Waals surface area contributed by atoms with Crippen LogP contribution < -0.4 is 72.0 Å². The Labute approximate surface area is 539 Å². The largest absolute Gasteiger partial charge is 1.00 e. The quantitative estimate of drug-likeness (QED) is 0.0901. The molecule has 0 amide bonds. The molecule has 12 aromatic carbocycles. The fraction of sp³-hybridized carbons (Fsp3) is 0. The molecule has 0 heterocycles. The summed E-state index contributed by atoms with van der Waals surface area (Å²) in [4.78, 5) is 0. The van der Waals surface area contributed by atoms with E-state index in [1.54, 1.807) is 0 Å². The summed E-state index contributed by atoms with van der Waals surface area (Å²) in [6.07, 6.45) is 0. The zero-order chi connectivity index (χ0) is 56.2. The molecule has 6 nitrogen and oxygen atoms in total. The molecule has 0 atom stereocenters. The van der Waals surface area contributed by atoms with Crippen LogP contribution in [0.4, 0.5) is 0 Å². The van der Waals surface area contributed by atoms with E-state index in [4.69, 9.17) is 16.0 Å². The van der Waals surface area contributed by atoms with Gasteiger partial charge in [-0.25, -0.2) is 0 Å². The molecule has 4 N–H and O–H groups in total. The fourth-order valence-corrected chi connectivity index (χ4v) is 19.6. The molecule has 12 rings (SSSR count). The van der Waals surface area contributed by atoms with Gasteiger partial charge in [0.15, 0.2) is 0 Å². The minimum absolute atomic E-state index is 0. The average molecular weight is 1450 g/mol. The molecule has 12 aromatic rings. The van der Waals surface area contributed by atoms with Gasteiger partial charge in [-0.1, -0.05) is 218 Å². The van der Waals surface area contributed by atoms with Crippen LogP contribution in [0, 0.1) is 0 Å². The molecular weight excluding hydrogens is 1380 g/mol. The Morgan fingerprint density at radius 3 is 0.294 bits per heavy atom. The third kappa shape index (κ3) is 23.5. The van der Waals surface area contributed by atoms with E-state index in [0.29, 0.717) is 0 Å². The van der Waals surface area contributed by atoms with Gasteiger partial charge in [0.05, 0.1) is 31.7 Å². The number of benzene rings is 12. The van der Waals surface area contributed by atoms with Crippen molar-refractivity contribution < 1.29 is 71.8 Å². The smallest absolute Gasteiger partial charge is 0.0620 e. The molecule has 0 aliphatic rings. The SMILES string of the molecule is O.O.O=[Se](=O)([O-])[O-].[Ag+].[Ag+].c1ccc([PH+](c2ccccc2)c2ccccc2)cc1.c1ccc([PH+](c2ccccc2)c2ccccc2)cc1.c1ccc([PH+](c2ccccc2)c2ccccc2)cc1.c1ccc([PH+](c2ccccc2)c2ccccc2)cc1. The van der Waals surface area contributed by atoms with Gasteiger partial charge in [0.1, 0.15) is 63.7 Å². The molecule has 0 aliphatic heterocycles. The van der Waals surface area contributed by atoms with E-state index in [0.717, 1.165) is 0 Å². The summed E-state index contributed by atoms with van der Waals surface area (Å²) < 4.78 is 34.4. The van der Waals surface area contributed by atoms with Gasteiger partial charge in [0.2, 0.25) is 0 Å². The molecule has 0 fully saturated rings. The molecular formula is C72H68Ag2O6P4Se+4. The summed E-state index contributed by atoms with van der Waals surface area (Å²) >= 11 is -5.75. The van der Waals surface area contributed by atoms with Crippen molar-refractivity contribution in [2.75, 3.05) is 0 Å². The molecule has 85 heavy (non-hydrogen) atoms. The van der Waals surface area contributed by atoms with Crippen molar-refractivity contribution >= 4 is 109 Å². The Bertz CT molecular complexity index is 2870. The van der Waals surface area contributed by atoms with Crippen molar-refractivity contribution in [3.8, 4) is 0 Å². The van der Waals surface area contributed by atoms with Crippen LogP contribution in [0.15, 0.2) is 364 Å². The molecule has 436 valence electrons. The summed E-state index contributed by atoms with van der Waals surface area (Å²) in [5, 5.41) is 17.2. The Kier molecular flexibility index (Phi) is 33.1. The zero-order valence-corrected chi connectivity index (χ0v) is 55.0. The molecule has 0 bridgehead atoms. The third-order valence-electron chi connectivity index (χ3n) is 12.7. The first-order valence-electron chi connectivity index (χ1n) is 26.6. The molecule has 0 spiro atoms. The van der Waals surface area contributed by atoms with Gasteiger partial charge in [-0.2, -0.15) is 0 Å². The molecule has 0 radical (unpaired) electrons. The monoisotopic (exact) mass is 1450 g/mol. The first-order valence-corrected chi connectivity index (χ1v) is 35.4. The molecule has 0 unspecified atom stereocenters. The van der Waals surface area contributed by atoms with Crippen molar-refractivity contribution in [3.63, 3.8) is 0 Å². The van der Waals surface area contributed by atoms with E-state index >= 15 is 0 Å². The van der Waals surface area contributed by atoms with E-state index in [1.165, 1.54) is 63.7 Å². The van der Waals surface area contributed by atoms with E-state index in [9.17, 15) is 0 Å². The van der Waals surface area contributed by atoms with Gasteiger partial charge in [-0.15, -0.1) is 0 Å². The van der Waals surface area contributed by atoms with Crippen molar-refractivity contribution in [1.29, 1.82) is 0 Å². The van der Waals surface area contributed by atoms with Gasteiger partial charge < -0.3 is 11.0 Å². The van der Waals surface area contributed by atoms with Gasteiger partial charge in [0.25, 0.3) is 0 Å². The Hall–Kier alpha value is -6.20. The summed E-state index contributed by atoms with van der Waals surface area (Å²) in [6.45, 7) is 0. The standard InChI is InChI=1S/4C18H15P.2Ag.H2O4Se.2H2O/c4*1-4-10-16(11-5-1)19(17-12-6-2-7-13-17)18-14-8-3-9-15-18;;;1-5(2,3)4;;/h4*1-15H;;;(H2,1,2,3,4);2*1H2/q;;;;2*+1;;;/p+2. The van der Waals surface area contributed by atoms with E-state index in [-0.39, 0.29) is 55.7 Å². The summed E-state index contributed by atoms with van der Waals surface area (Å²) in [5.41, 5.74) is 0. The Morgan fingerprint density at radius 2 is 0.235 bits per heavy atom. The summed E-state index contributed by atoms with van der Waals surface area (Å²) in [5.74, 6) is 0. The first kappa shape index (κ1) is 71.3. The first-order chi connectivity index (χ1) is 39.8. The predicted octanol–water partition coefficient (Wildman–Crippen LogP) is 8.06. The van der Waals surface area contributed by atoms with Crippen LogP contribution in [-0.2, 0) is 52.4 Å². The van der Waals surface area contributed by atoms with Gasteiger partial charge in [-0.3, -0.25) is 0 Å². The molecule has 0 aliphatic carbocycles. The molecule has 0 saturated carbocycles. The Balaban J connectivity index is 0.000000233. The summed E-state index contributed by atoms with van der Waals surface area (Å²) in [7, 11) is -3.51. The van der Waals surface area contributed by atoms with Gasteiger partial charge in [0, 0.05) is 0 Å². The Morgan fingerprint density at radius 1 is 0.176 bits per heavy atom. The molecule has 0 aromatic heterocycles. The van der Waals surface area contributed by atoms with Crippen molar-refractivity contribution in [3.05, 3.63) is 364 Å². The maximum atomic E-state index is 8.59. The van der Waals surface area contributed by atoms with E-state index in [2.05, 4.69) is 364 Å². The fourth-order valence-electron chi connectivity index (χ4n) is 9.26. The van der Waals surface area contributed by atoms with Gasteiger partial charge in [-0.05, 0) is 146 Å². The number of hydrogen-bond acceptors (Lipinski definition) is 4.